The molecule has 3 rings (SSSR count). The number of nitrogens with zero attached hydrogens (tertiary/aromatic N) is 3. The molecule has 0 saturated heterocycles. The number of aryl methyl sites for hydroxylation is 1. The molecule has 0 spiro atoms. The van der Waals surface area contributed by atoms with Gasteiger partial charge >= 0.3 is 6.18 Å². The molecule has 1 unspecified atom stereocenters. The lowest BCUT2D eigenvalue weighted by Crippen LogP contribution is -2.43. The quantitative estimate of drug-likeness (QED) is 0.512. The lowest BCUT2D eigenvalue weighted by atomic mass is 9.87. The number of halogens is 3. The zero-order chi connectivity index (χ0) is 24.4. The van der Waals surface area contributed by atoms with Crippen molar-refractivity contribution in [3.63, 3.8) is 0 Å². The van der Waals surface area contributed by atoms with Crippen LogP contribution in [0.25, 0.3) is 0 Å². The fourth-order valence-corrected chi connectivity index (χ4v) is 5.13. The van der Waals surface area contributed by atoms with Crippen molar-refractivity contribution in [1.29, 1.82) is 0 Å². The van der Waals surface area contributed by atoms with Gasteiger partial charge in [-0.05, 0) is 42.7 Å². The summed E-state index contributed by atoms with van der Waals surface area (Å²) >= 11 is 0. The van der Waals surface area contributed by atoms with Crippen molar-refractivity contribution in [2.24, 2.45) is 5.92 Å². The van der Waals surface area contributed by atoms with Crippen molar-refractivity contribution < 1.29 is 26.7 Å². The SMILES string of the molecule is CCn1cc(C(O)(c2ccc(N(CC(C)C)S(=O)(=O)c3ccccc3)cc2)C(F)(F)F)cn1. The lowest BCUT2D eigenvalue weighted by molar-refractivity contribution is -0.248. The number of benzene rings is 2. The summed E-state index contributed by atoms with van der Waals surface area (Å²) in [5, 5.41) is 14.7. The molecule has 0 amide bonds. The van der Waals surface area contributed by atoms with Crippen LogP contribution in [0.2, 0.25) is 0 Å². The van der Waals surface area contributed by atoms with E-state index in [4.69, 9.17) is 0 Å². The van der Waals surface area contributed by atoms with Gasteiger partial charge in [0.15, 0.2) is 0 Å². The molecule has 2 aromatic carbocycles. The molecule has 0 radical (unpaired) electrons. The first-order valence-corrected chi connectivity index (χ1v) is 11.9. The Labute approximate surface area is 191 Å². The smallest absolute Gasteiger partial charge is 0.372 e. The van der Waals surface area contributed by atoms with E-state index in [1.54, 1.807) is 25.1 Å². The normalized spacial score (nSPS) is 14.3. The van der Waals surface area contributed by atoms with Crippen molar-refractivity contribution >= 4 is 15.7 Å². The predicted octanol–water partition coefficient (Wildman–Crippen LogP) is 4.55. The maximum absolute atomic E-state index is 14.0. The van der Waals surface area contributed by atoms with Gasteiger partial charge in [-0.25, -0.2) is 8.42 Å². The Hall–Kier alpha value is -2.85. The summed E-state index contributed by atoms with van der Waals surface area (Å²) in [6, 6.07) is 12.6. The van der Waals surface area contributed by atoms with Gasteiger partial charge in [-0.2, -0.15) is 18.3 Å². The third-order valence-electron chi connectivity index (χ3n) is 5.22. The summed E-state index contributed by atoms with van der Waals surface area (Å²) in [5.74, 6) is -0.0462. The summed E-state index contributed by atoms with van der Waals surface area (Å²) in [6.45, 7) is 5.87. The minimum atomic E-state index is -5.02. The largest absolute Gasteiger partial charge is 0.425 e. The first-order chi connectivity index (χ1) is 15.4. The fraction of sp³-hybridized carbons (Fsp3) is 0.348. The molecule has 0 aliphatic heterocycles. The topological polar surface area (TPSA) is 75.4 Å². The van der Waals surface area contributed by atoms with Crippen molar-refractivity contribution in [1.82, 2.24) is 9.78 Å². The average Bonchev–Trinajstić information content (AvgIpc) is 3.26. The summed E-state index contributed by atoms with van der Waals surface area (Å²) in [5.41, 5.74) is -3.94. The molecule has 0 bridgehead atoms. The van der Waals surface area contributed by atoms with Crippen molar-refractivity contribution in [3.05, 3.63) is 78.1 Å². The van der Waals surface area contributed by atoms with Crippen LogP contribution in [-0.2, 0) is 22.2 Å². The molecular weight excluding hydrogens is 455 g/mol. The fourth-order valence-electron chi connectivity index (χ4n) is 3.48. The van der Waals surface area contributed by atoms with Gasteiger partial charge in [0, 0.05) is 24.8 Å². The molecule has 0 saturated carbocycles. The number of hydrogen-bond acceptors (Lipinski definition) is 4. The van der Waals surface area contributed by atoms with Crippen molar-refractivity contribution in [2.75, 3.05) is 10.8 Å². The van der Waals surface area contributed by atoms with Crippen LogP contribution in [0.1, 0.15) is 31.9 Å². The average molecular weight is 482 g/mol. The Morgan fingerprint density at radius 1 is 1.03 bits per heavy atom. The third kappa shape index (κ3) is 4.77. The van der Waals surface area contributed by atoms with Crippen LogP contribution in [0.5, 0.6) is 0 Å². The molecule has 1 atom stereocenters. The van der Waals surface area contributed by atoms with Crippen molar-refractivity contribution in [2.45, 2.75) is 44.0 Å². The monoisotopic (exact) mass is 481 g/mol. The highest BCUT2D eigenvalue weighted by atomic mass is 32.2. The van der Waals surface area contributed by atoms with Gasteiger partial charge < -0.3 is 5.11 Å². The van der Waals surface area contributed by atoms with Crippen LogP contribution in [-0.4, -0.2) is 36.0 Å². The van der Waals surface area contributed by atoms with E-state index in [-0.39, 0.29) is 23.0 Å². The van der Waals surface area contributed by atoms with Crippen LogP contribution in [0.3, 0.4) is 0 Å². The van der Waals surface area contributed by atoms with Crippen molar-refractivity contribution in [3.8, 4) is 0 Å². The van der Waals surface area contributed by atoms with Crippen LogP contribution in [0, 0.1) is 5.92 Å². The highest BCUT2D eigenvalue weighted by Crippen LogP contribution is 2.44. The molecule has 3 aromatic rings. The molecule has 0 aliphatic carbocycles. The highest BCUT2D eigenvalue weighted by Gasteiger charge is 2.57. The van der Waals surface area contributed by atoms with Gasteiger partial charge in [-0.15, -0.1) is 0 Å². The Bertz CT molecular complexity index is 1180. The van der Waals surface area contributed by atoms with E-state index in [9.17, 15) is 26.7 Å². The Morgan fingerprint density at radius 2 is 1.64 bits per heavy atom. The van der Waals surface area contributed by atoms with Crippen LogP contribution < -0.4 is 4.31 Å². The lowest BCUT2D eigenvalue weighted by Gasteiger charge is -2.31. The van der Waals surface area contributed by atoms with E-state index in [0.29, 0.717) is 6.54 Å². The number of anilines is 1. The van der Waals surface area contributed by atoms with Crippen LogP contribution in [0.15, 0.2) is 71.9 Å². The number of aliphatic hydroxyl groups is 1. The minimum Gasteiger partial charge on any atom is -0.372 e. The second kappa shape index (κ2) is 9.18. The summed E-state index contributed by atoms with van der Waals surface area (Å²) in [7, 11) is -3.94. The van der Waals surface area contributed by atoms with E-state index in [1.807, 2.05) is 13.8 Å². The molecule has 33 heavy (non-hydrogen) atoms. The van der Waals surface area contributed by atoms with Crippen LogP contribution >= 0.6 is 0 Å². The Balaban J connectivity index is 2.07. The van der Waals surface area contributed by atoms with E-state index < -0.39 is 32.9 Å². The van der Waals surface area contributed by atoms with Gasteiger partial charge in [0.25, 0.3) is 10.0 Å². The second-order valence-electron chi connectivity index (χ2n) is 8.08. The molecule has 6 nitrogen and oxygen atoms in total. The molecule has 1 heterocycles. The zero-order valence-electron chi connectivity index (χ0n) is 18.5. The summed E-state index contributed by atoms with van der Waals surface area (Å²) in [6.07, 6.45) is -2.90. The van der Waals surface area contributed by atoms with Gasteiger partial charge in [0.05, 0.1) is 16.8 Å². The second-order valence-corrected chi connectivity index (χ2v) is 9.95. The first-order valence-electron chi connectivity index (χ1n) is 10.4. The molecule has 0 aliphatic rings. The number of sulfonamides is 1. The predicted molar refractivity (Wildman–Crippen MR) is 119 cm³/mol. The van der Waals surface area contributed by atoms with E-state index in [1.165, 1.54) is 33.3 Å². The maximum atomic E-state index is 14.0. The van der Waals surface area contributed by atoms with Gasteiger partial charge in [0.1, 0.15) is 0 Å². The number of hydrogen-bond donors (Lipinski definition) is 1. The van der Waals surface area contributed by atoms with Crippen LogP contribution in [0.4, 0.5) is 18.9 Å². The standard InChI is InChI=1S/C23H26F3N3O3S/c1-4-28-16-19(14-27-28)22(30,23(24,25)26)18-10-12-20(13-11-18)29(15-17(2)3)33(31,32)21-8-6-5-7-9-21/h5-14,16-17,30H,4,15H2,1-3H3. The zero-order valence-corrected chi connectivity index (χ0v) is 19.3. The molecule has 0 fully saturated rings. The molecule has 1 aromatic heterocycles. The molecule has 178 valence electrons. The van der Waals surface area contributed by atoms with E-state index >= 15 is 0 Å². The first kappa shape index (κ1) is 24.8. The highest BCUT2D eigenvalue weighted by molar-refractivity contribution is 7.92. The Kier molecular flexibility index (Phi) is 6.90. The third-order valence-corrected chi connectivity index (χ3v) is 7.03. The summed E-state index contributed by atoms with van der Waals surface area (Å²) in [4.78, 5) is 0.0773. The van der Waals surface area contributed by atoms with Gasteiger partial charge in [0.2, 0.25) is 5.60 Å². The molecule has 10 heteroatoms. The Morgan fingerprint density at radius 3 is 2.12 bits per heavy atom. The number of rotatable bonds is 8. The number of alkyl halides is 3. The maximum Gasteiger partial charge on any atom is 0.425 e. The van der Waals surface area contributed by atoms with Gasteiger partial charge in [-0.1, -0.05) is 44.2 Å². The molecule has 1 N–H and O–H groups in total. The van der Waals surface area contributed by atoms with E-state index in [0.717, 1.165) is 24.5 Å². The minimum absolute atomic E-state index is 0.0462. The van der Waals surface area contributed by atoms with Gasteiger partial charge in [-0.3, -0.25) is 8.99 Å². The number of aromatic nitrogens is 2. The van der Waals surface area contributed by atoms with E-state index in [2.05, 4.69) is 5.10 Å². The summed E-state index contributed by atoms with van der Waals surface area (Å²) < 4.78 is 71.1. The molecular formula is C23H26F3N3O3S.